The molecule has 17 heavy (non-hydrogen) atoms. The first-order valence-corrected chi connectivity index (χ1v) is 6.58. The molecule has 1 amide bonds. The predicted octanol–water partition coefficient (Wildman–Crippen LogP) is 1.39. The van der Waals surface area contributed by atoms with Gasteiger partial charge in [-0.3, -0.25) is 4.79 Å². The number of nitrogens with zero attached hydrogens (tertiary/aromatic N) is 1. The largest absolute Gasteiger partial charge is 0.395 e. The third-order valence-corrected chi connectivity index (χ3v) is 3.10. The van der Waals surface area contributed by atoms with Crippen LogP contribution in [-0.4, -0.2) is 48.2 Å². The Morgan fingerprint density at radius 3 is 2.35 bits per heavy atom. The van der Waals surface area contributed by atoms with Crippen molar-refractivity contribution in [1.29, 1.82) is 0 Å². The van der Waals surface area contributed by atoms with Crippen molar-refractivity contribution in [2.45, 2.75) is 52.0 Å². The molecule has 4 heteroatoms. The van der Waals surface area contributed by atoms with E-state index < -0.39 is 5.54 Å². The standard InChI is InChI=1S/C13H28N2O2/c1-5-6-7-8-9-15(10-11-16)12(17)13(2,3)14-4/h14,16H,5-11H2,1-4H3. The van der Waals surface area contributed by atoms with Crippen LogP contribution in [0.4, 0.5) is 0 Å². The quantitative estimate of drug-likeness (QED) is 0.603. The number of aliphatic hydroxyl groups excluding tert-OH is 1. The Kier molecular flexibility index (Phi) is 8.17. The van der Waals surface area contributed by atoms with Crippen molar-refractivity contribution in [3.63, 3.8) is 0 Å². The van der Waals surface area contributed by atoms with Gasteiger partial charge in [-0.2, -0.15) is 0 Å². The van der Waals surface area contributed by atoms with E-state index in [2.05, 4.69) is 12.2 Å². The summed E-state index contributed by atoms with van der Waals surface area (Å²) in [6.45, 7) is 7.10. The lowest BCUT2D eigenvalue weighted by atomic mass is 10.0. The van der Waals surface area contributed by atoms with Crippen molar-refractivity contribution in [2.24, 2.45) is 0 Å². The van der Waals surface area contributed by atoms with E-state index in [1.54, 1.807) is 11.9 Å². The Balaban J connectivity index is 4.26. The van der Waals surface area contributed by atoms with Gasteiger partial charge in [0.05, 0.1) is 12.1 Å². The number of hydrogen-bond acceptors (Lipinski definition) is 3. The van der Waals surface area contributed by atoms with E-state index in [1.807, 2.05) is 13.8 Å². The Labute approximate surface area is 105 Å². The highest BCUT2D eigenvalue weighted by atomic mass is 16.3. The van der Waals surface area contributed by atoms with Gasteiger partial charge in [0.2, 0.25) is 5.91 Å². The van der Waals surface area contributed by atoms with Crippen LogP contribution >= 0.6 is 0 Å². The van der Waals surface area contributed by atoms with E-state index in [0.29, 0.717) is 6.54 Å². The summed E-state index contributed by atoms with van der Waals surface area (Å²) in [5.41, 5.74) is -0.556. The molecular weight excluding hydrogens is 216 g/mol. The lowest BCUT2D eigenvalue weighted by molar-refractivity contribution is -0.137. The summed E-state index contributed by atoms with van der Waals surface area (Å²) in [5, 5.41) is 12.0. The Morgan fingerprint density at radius 1 is 1.24 bits per heavy atom. The molecule has 0 aliphatic carbocycles. The first-order valence-electron chi connectivity index (χ1n) is 6.58. The highest BCUT2D eigenvalue weighted by Gasteiger charge is 2.29. The zero-order chi connectivity index (χ0) is 13.3. The molecule has 2 N–H and O–H groups in total. The average molecular weight is 244 g/mol. The molecule has 0 aromatic carbocycles. The molecule has 0 atom stereocenters. The minimum Gasteiger partial charge on any atom is -0.395 e. The smallest absolute Gasteiger partial charge is 0.242 e. The molecule has 4 nitrogen and oxygen atoms in total. The number of aliphatic hydroxyl groups is 1. The zero-order valence-corrected chi connectivity index (χ0v) is 11.8. The normalized spacial score (nSPS) is 11.6. The van der Waals surface area contributed by atoms with Crippen LogP contribution in [0.1, 0.15) is 46.5 Å². The molecule has 0 rings (SSSR count). The average Bonchev–Trinajstić information content (AvgIpc) is 2.32. The maximum absolute atomic E-state index is 12.2. The Morgan fingerprint density at radius 2 is 1.88 bits per heavy atom. The second kappa shape index (κ2) is 8.48. The van der Waals surface area contributed by atoms with Crippen molar-refractivity contribution < 1.29 is 9.90 Å². The molecule has 0 saturated carbocycles. The molecule has 0 radical (unpaired) electrons. The van der Waals surface area contributed by atoms with Crippen LogP contribution in [-0.2, 0) is 4.79 Å². The van der Waals surface area contributed by atoms with Crippen LogP contribution in [0.25, 0.3) is 0 Å². The molecule has 0 aromatic rings. The van der Waals surface area contributed by atoms with E-state index in [0.717, 1.165) is 19.4 Å². The third-order valence-electron chi connectivity index (χ3n) is 3.10. The molecule has 0 saturated heterocycles. The minimum atomic E-state index is -0.556. The van der Waals surface area contributed by atoms with E-state index in [1.165, 1.54) is 12.8 Å². The van der Waals surface area contributed by atoms with Crippen LogP contribution in [0.15, 0.2) is 0 Å². The van der Waals surface area contributed by atoms with E-state index in [-0.39, 0.29) is 12.5 Å². The molecule has 102 valence electrons. The van der Waals surface area contributed by atoms with Crippen molar-refractivity contribution in [1.82, 2.24) is 10.2 Å². The van der Waals surface area contributed by atoms with E-state index in [9.17, 15) is 4.79 Å². The number of amides is 1. The highest BCUT2D eigenvalue weighted by molar-refractivity contribution is 5.85. The summed E-state index contributed by atoms with van der Waals surface area (Å²) in [6, 6.07) is 0. The number of unbranched alkanes of at least 4 members (excludes halogenated alkanes) is 3. The fourth-order valence-corrected chi connectivity index (χ4v) is 1.67. The summed E-state index contributed by atoms with van der Waals surface area (Å²) >= 11 is 0. The first-order chi connectivity index (χ1) is 7.99. The number of likely N-dealkylation sites (N-methyl/N-ethyl adjacent to an activating group) is 1. The topological polar surface area (TPSA) is 52.6 Å². The van der Waals surface area contributed by atoms with Gasteiger partial charge in [-0.1, -0.05) is 26.2 Å². The second-order valence-electron chi connectivity index (χ2n) is 4.95. The van der Waals surface area contributed by atoms with Gasteiger partial charge < -0.3 is 15.3 Å². The van der Waals surface area contributed by atoms with Gasteiger partial charge in [0, 0.05) is 13.1 Å². The van der Waals surface area contributed by atoms with Gasteiger partial charge >= 0.3 is 0 Å². The Hall–Kier alpha value is -0.610. The molecular formula is C13H28N2O2. The van der Waals surface area contributed by atoms with Gasteiger partial charge in [0.1, 0.15) is 0 Å². The van der Waals surface area contributed by atoms with Gasteiger partial charge in [0.15, 0.2) is 0 Å². The number of carbonyl (C=O) groups is 1. The number of hydrogen-bond donors (Lipinski definition) is 2. The fourth-order valence-electron chi connectivity index (χ4n) is 1.67. The number of carbonyl (C=O) groups excluding carboxylic acids is 1. The summed E-state index contributed by atoms with van der Waals surface area (Å²) in [5.74, 6) is 0.0607. The second-order valence-corrected chi connectivity index (χ2v) is 4.95. The van der Waals surface area contributed by atoms with E-state index >= 15 is 0 Å². The monoisotopic (exact) mass is 244 g/mol. The fraction of sp³-hybridized carbons (Fsp3) is 0.923. The highest BCUT2D eigenvalue weighted by Crippen LogP contribution is 2.09. The molecule has 0 bridgehead atoms. The van der Waals surface area contributed by atoms with Gasteiger partial charge in [-0.05, 0) is 27.3 Å². The maximum Gasteiger partial charge on any atom is 0.242 e. The summed E-state index contributed by atoms with van der Waals surface area (Å²) in [4.78, 5) is 14.0. The van der Waals surface area contributed by atoms with Crippen molar-refractivity contribution in [3.8, 4) is 0 Å². The number of nitrogens with one attached hydrogen (secondary N) is 1. The van der Waals surface area contributed by atoms with Crippen LogP contribution < -0.4 is 5.32 Å². The minimum absolute atomic E-state index is 0.0271. The summed E-state index contributed by atoms with van der Waals surface area (Å²) in [7, 11) is 1.78. The molecule has 0 aliphatic heterocycles. The van der Waals surface area contributed by atoms with Crippen LogP contribution in [0.5, 0.6) is 0 Å². The van der Waals surface area contributed by atoms with Crippen molar-refractivity contribution in [2.75, 3.05) is 26.7 Å². The molecule has 0 heterocycles. The lowest BCUT2D eigenvalue weighted by Gasteiger charge is -2.31. The Bertz CT molecular complexity index is 217. The maximum atomic E-state index is 12.2. The molecule has 0 unspecified atom stereocenters. The SMILES string of the molecule is CCCCCCN(CCO)C(=O)C(C)(C)NC. The predicted molar refractivity (Wildman–Crippen MR) is 70.9 cm³/mol. The lowest BCUT2D eigenvalue weighted by Crippen LogP contribution is -2.53. The first kappa shape index (κ1) is 16.4. The molecule has 0 aromatic heterocycles. The summed E-state index contributed by atoms with van der Waals surface area (Å²) in [6.07, 6.45) is 4.55. The molecule has 0 spiro atoms. The van der Waals surface area contributed by atoms with Gasteiger partial charge in [-0.25, -0.2) is 0 Å². The summed E-state index contributed by atoms with van der Waals surface area (Å²) < 4.78 is 0. The molecule has 0 aliphatic rings. The molecule has 0 fully saturated rings. The van der Waals surface area contributed by atoms with Gasteiger partial charge in [-0.15, -0.1) is 0 Å². The third kappa shape index (κ3) is 6.03. The van der Waals surface area contributed by atoms with Crippen molar-refractivity contribution in [3.05, 3.63) is 0 Å². The van der Waals surface area contributed by atoms with Crippen LogP contribution in [0, 0.1) is 0 Å². The zero-order valence-electron chi connectivity index (χ0n) is 11.8. The van der Waals surface area contributed by atoms with Gasteiger partial charge in [0.25, 0.3) is 0 Å². The van der Waals surface area contributed by atoms with Crippen molar-refractivity contribution >= 4 is 5.91 Å². The van der Waals surface area contributed by atoms with Crippen LogP contribution in [0.3, 0.4) is 0 Å². The van der Waals surface area contributed by atoms with Crippen LogP contribution in [0.2, 0.25) is 0 Å². The van der Waals surface area contributed by atoms with E-state index in [4.69, 9.17) is 5.11 Å². The number of rotatable bonds is 9.